The van der Waals surface area contributed by atoms with Crippen molar-refractivity contribution in [3.63, 3.8) is 0 Å². The molecule has 29 heavy (non-hydrogen) atoms. The van der Waals surface area contributed by atoms with Crippen LogP contribution < -0.4 is 14.8 Å². The number of rotatable bonds is 9. The standard InChI is InChI=1S/C23H29N3O3/c1-5-6-7-8-9-21(27)25-23-22(24-20-13-10-16(2)15-26(20)23)17-11-12-18(28-3)19(14-17)29-4/h10-15H,5-9H2,1-4H3,(H,25,27). The molecule has 6 nitrogen and oxygen atoms in total. The van der Waals surface area contributed by atoms with Gasteiger partial charge in [0.2, 0.25) is 5.91 Å². The van der Waals surface area contributed by atoms with Crippen LogP contribution in [0.25, 0.3) is 16.9 Å². The monoisotopic (exact) mass is 395 g/mol. The molecule has 2 heterocycles. The van der Waals surface area contributed by atoms with E-state index >= 15 is 0 Å². The van der Waals surface area contributed by atoms with Crippen LogP contribution >= 0.6 is 0 Å². The van der Waals surface area contributed by atoms with Crippen molar-refractivity contribution >= 4 is 17.4 Å². The summed E-state index contributed by atoms with van der Waals surface area (Å²) in [7, 11) is 3.21. The van der Waals surface area contributed by atoms with Crippen molar-refractivity contribution < 1.29 is 14.3 Å². The molecule has 0 saturated heterocycles. The molecule has 0 aliphatic heterocycles. The van der Waals surface area contributed by atoms with Crippen molar-refractivity contribution in [2.45, 2.75) is 46.0 Å². The van der Waals surface area contributed by atoms with E-state index < -0.39 is 0 Å². The SMILES string of the molecule is CCCCCCC(=O)Nc1c(-c2ccc(OC)c(OC)c2)nc2ccc(C)cn12. The maximum absolute atomic E-state index is 12.6. The lowest BCUT2D eigenvalue weighted by molar-refractivity contribution is -0.116. The molecule has 0 aliphatic carbocycles. The number of nitrogens with zero attached hydrogens (tertiary/aromatic N) is 2. The summed E-state index contributed by atoms with van der Waals surface area (Å²) in [4.78, 5) is 17.4. The van der Waals surface area contributed by atoms with Gasteiger partial charge in [0.1, 0.15) is 17.2 Å². The van der Waals surface area contributed by atoms with Crippen LogP contribution in [0.5, 0.6) is 11.5 Å². The van der Waals surface area contributed by atoms with Gasteiger partial charge in [-0.05, 0) is 43.2 Å². The van der Waals surface area contributed by atoms with Gasteiger partial charge in [-0.15, -0.1) is 0 Å². The molecule has 0 spiro atoms. The molecule has 3 aromatic rings. The number of pyridine rings is 1. The Morgan fingerprint density at radius 3 is 2.59 bits per heavy atom. The lowest BCUT2D eigenvalue weighted by Crippen LogP contribution is -2.13. The molecular weight excluding hydrogens is 366 g/mol. The minimum absolute atomic E-state index is 0.00568. The number of hydrogen-bond donors (Lipinski definition) is 1. The van der Waals surface area contributed by atoms with E-state index in [4.69, 9.17) is 14.5 Å². The van der Waals surface area contributed by atoms with Crippen LogP contribution in [-0.4, -0.2) is 29.5 Å². The van der Waals surface area contributed by atoms with E-state index in [-0.39, 0.29) is 5.91 Å². The number of unbranched alkanes of at least 4 members (excludes halogenated alkanes) is 3. The van der Waals surface area contributed by atoms with Crippen molar-refractivity contribution in [3.05, 3.63) is 42.1 Å². The fraction of sp³-hybridized carbons (Fsp3) is 0.391. The first-order valence-corrected chi connectivity index (χ1v) is 10.1. The summed E-state index contributed by atoms with van der Waals surface area (Å²) in [6.07, 6.45) is 6.75. The average molecular weight is 396 g/mol. The summed E-state index contributed by atoms with van der Waals surface area (Å²) in [6.45, 7) is 4.18. The number of aryl methyl sites for hydroxylation is 1. The minimum Gasteiger partial charge on any atom is -0.493 e. The molecule has 0 aliphatic rings. The van der Waals surface area contributed by atoms with E-state index in [2.05, 4.69) is 12.2 Å². The molecule has 1 N–H and O–H groups in total. The summed E-state index contributed by atoms with van der Waals surface area (Å²) in [5, 5.41) is 3.09. The molecule has 0 bridgehead atoms. The van der Waals surface area contributed by atoms with Gasteiger partial charge in [-0.25, -0.2) is 4.98 Å². The van der Waals surface area contributed by atoms with Gasteiger partial charge in [-0.2, -0.15) is 0 Å². The number of anilines is 1. The summed E-state index contributed by atoms with van der Waals surface area (Å²) >= 11 is 0. The quantitative estimate of drug-likeness (QED) is 0.504. The molecule has 6 heteroatoms. The second kappa shape index (κ2) is 9.45. The van der Waals surface area contributed by atoms with Gasteiger partial charge in [0, 0.05) is 18.2 Å². The third-order valence-corrected chi connectivity index (χ3v) is 4.94. The van der Waals surface area contributed by atoms with Crippen LogP contribution in [-0.2, 0) is 4.79 Å². The van der Waals surface area contributed by atoms with E-state index in [1.54, 1.807) is 14.2 Å². The predicted molar refractivity (Wildman–Crippen MR) is 116 cm³/mol. The Kier molecular flexibility index (Phi) is 6.75. The van der Waals surface area contributed by atoms with E-state index in [0.717, 1.165) is 42.5 Å². The number of ether oxygens (including phenoxy) is 2. The minimum atomic E-state index is 0.00568. The Morgan fingerprint density at radius 1 is 1.07 bits per heavy atom. The number of methoxy groups -OCH3 is 2. The highest BCUT2D eigenvalue weighted by Crippen LogP contribution is 2.35. The van der Waals surface area contributed by atoms with E-state index in [0.29, 0.717) is 29.4 Å². The second-order valence-corrected chi connectivity index (χ2v) is 7.17. The Balaban J connectivity index is 1.99. The zero-order valence-corrected chi connectivity index (χ0v) is 17.6. The maximum atomic E-state index is 12.6. The second-order valence-electron chi connectivity index (χ2n) is 7.17. The van der Waals surface area contributed by atoms with Crippen LogP contribution in [0.2, 0.25) is 0 Å². The zero-order valence-electron chi connectivity index (χ0n) is 17.6. The fourth-order valence-electron chi connectivity index (χ4n) is 3.36. The van der Waals surface area contributed by atoms with Gasteiger partial charge < -0.3 is 14.8 Å². The first-order chi connectivity index (χ1) is 14.1. The lowest BCUT2D eigenvalue weighted by atomic mass is 10.1. The average Bonchev–Trinajstić information content (AvgIpc) is 3.08. The number of fused-ring (bicyclic) bond motifs is 1. The molecule has 2 aromatic heterocycles. The van der Waals surface area contributed by atoms with E-state index in [1.165, 1.54) is 0 Å². The zero-order chi connectivity index (χ0) is 20.8. The Labute approximate surface area is 171 Å². The van der Waals surface area contributed by atoms with Gasteiger partial charge in [-0.1, -0.05) is 32.3 Å². The number of carbonyl (C=O) groups is 1. The van der Waals surface area contributed by atoms with Gasteiger partial charge in [0.05, 0.1) is 14.2 Å². The van der Waals surface area contributed by atoms with Gasteiger partial charge in [0.15, 0.2) is 11.5 Å². The number of nitrogens with one attached hydrogen (secondary N) is 1. The van der Waals surface area contributed by atoms with Crippen molar-refractivity contribution in [2.75, 3.05) is 19.5 Å². The van der Waals surface area contributed by atoms with E-state index in [1.807, 2.05) is 47.9 Å². The van der Waals surface area contributed by atoms with Crippen LogP contribution in [0.4, 0.5) is 5.82 Å². The molecule has 0 radical (unpaired) electrons. The van der Waals surface area contributed by atoms with Crippen LogP contribution in [0.1, 0.15) is 44.6 Å². The summed E-state index contributed by atoms with van der Waals surface area (Å²) in [5.41, 5.74) is 3.43. The molecule has 154 valence electrons. The normalized spacial score (nSPS) is 10.9. The van der Waals surface area contributed by atoms with E-state index in [9.17, 15) is 4.79 Å². The van der Waals surface area contributed by atoms with Gasteiger partial charge >= 0.3 is 0 Å². The molecule has 0 atom stereocenters. The summed E-state index contributed by atoms with van der Waals surface area (Å²) in [6, 6.07) is 9.62. The third kappa shape index (κ3) is 4.70. The smallest absolute Gasteiger partial charge is 0.225 e. The van der Waals surface area contributed by atoms with Crippen molar-refractivity contribution in [1.29, 1.82) is 0 Å². The highest BCUT2D eigenvalue weighted by Gasteiger charge is 2.18. The molecule has 0 saturated carbocycles. The largest absolute Gasteiger partial charge is 0.493 e. The van der Waals surface area contributed by atoms with Crippen LogP contribution in [0.15, 0.2) is 36.5 Å². The Hall–Kier alpha value is -3.02. The Bertz CT molecular complexity index is 994. The molecule has 1 amide bonds. The van der Waals surface area contributed by atoms with Gasteiger partial charge in [-0.3, -0.25) is 9.20 Å². The summed E-state index contributed by atoms with van der Waals surface area (Å²) < 4.78 is 12.7. The first kappa shape index (κ1) is 20.7. The number of amides is 1. The molecule has 0 fully saturated rings. The fourth-order valence-corrected chi connectivity index (χ4v) is 3.36. The number of carbonyl (C=O) groups excluding carboxylic acids is 1. The van der Waals surface area contributed by atoms with Crippen LogP contribution in [0, 0.1) is 6.92 Å². The highest BCUT2D eigenvalue weighted by atomic mass is 16.5. The molecular formula is C23H29N3O3. The number of benzene rings is 1. The van der Waals surface area contributed by atoms with Crippen molar-refractivity contribution in [3.8, 4) is 22.8 Å². The molecule has 1 aromatic carbocycles. The first-order valence-electron chi connectivity index (χ1n) is 10.1. The predicted octanol–water partition coefficient (Wildman–Crippen LogP) is 5.24. The maximum Gasteiger partial charge on any atom is 0.225 e. The lowest BCUT2D eigenvalue weighted by Gasteiger charge is -2.11. The highest BCUT2D eigenvalue weighted by molar-refractivity contribution is 5.94. The van der Waals surface area contributed by atoms with Crippen molar-refractivity contribution in [1.82, 2.24) is 9.38 Å². The topological polar surface area (TPSA) is 64.9 Å². The summed E-state index contributed by atoms with van der Waals surface area (Å²) in [5.74, 6) is 1.95. The molecule has 3 rings (SSSR count). The molecule has 0 unspecified atom stereocenters. The number of aromatic nitrogens is 2. The Morgan fingerprint density at radius 2 is 1.86 bits per heavy atom. The third-order valence-electron chi connectivity index (χ3n) is 4.94. The number of imidazole rings is 1. The number of hydrogen-bond acceptors (Lipinski definition) is 4. The van der Waals surface area contributed by atoms with Crippen LogP contribution in [0.3, 0.4) is 0 Å². The van der Waals surface area contributed by atoms with Gasteiger partial charge in [0.25, 0.3) is 0 Å². The van der Waals surface area contributed by atoms with Crippen molar-refractivity contribution in [2.24, 2.45) is 0 Å².